The van der Waals surface area contributed by atoms with E-state index in [0.717, 1.165) is 31.2 Å². The van der Waals surface area contributed by atoms with Gasteiger partial charge in [0.05, 0.1) is 5.56 Å². The number of nitrogens with two attached hydrogens (primary N) is 1. The van der Waals surface area contributed by atoms with Gasteiger partial charge in [-0.05, 0) is 30.9 Å². The molecule has 0 aromatic carbocycles. The Morgan fingerprint density at radius 3 is 2.58 bits per heavy atom. The zero-order valence-electron chi connectivity index (χ0n) is 10.1. The summed E-state index contributed by atoms with van der Waals surface area (Å²) in [5.74, 6) is -0.0556. The zero-order chi connectivity index (χ0) is 14.0. The Kier molecular flexibility index (Phi) is 3.75. The Hall–Kier alpha value is -1.63. The van der Waals surface area contributed by atoms with Crippen molar-refractivity contribution in [3.63, 3.8) is 0 Å². The first-order valence-electron chi connectivity index (χ1n) is 5.96. The summed E-state index contributed by atoms with van der Waals surface area (Å²) >= 11 is 0. The van der Waals surface area contributed by atoms with Crippen molar-refractivity contribution < 1.29 is 18.0 Å². The fraction of sp³-hybridized carbons (Fsp3) is 0.500. The summed E-state index contributed by atoms with van der Waals surface area (Å²) < 4.78 is 37.0. The first kappa shape index (κ1) is 13.8. The molecule has 1 saturated carbocycles. The summed E-state index contributed by atoms with van der Waals surface area (Å²) in [4.78, 5) is 15.1. The highest BCUT2D eigenvalue weighted by Crippen LogP contribution is 2.32. The average molecular weight is 273 g/mol. The maximum Gasteiger partial charge on any atom is 0.433 e. The molecule has 1 heterocycles. The number of pyridine rings is 1. The van der Waals surface area contributed by atoms with Gasteiger partial charge in [-0.2, -0.15) is 13.2 Å². The predicted molar refractivity (Wildman–Crippen MR) is 62.3 cm³/mol. The third-order valence-electron chi connectivity index (χ3n) is 3.08. The molecule has 1 aliphatic rings. The van der Waals surface area contributed by atoms with E-state index in [0.29, 0.717) is 12.5 Å². The summed E-state index contributed by atoms with van der Waals surface area (Å²) in [5.41, 5.74) is 4.63. The first-order chi connectivity index (χ1) is 8.91. The first-order valence-corrected chi connectivity index (χ1v) is 5.96. The molecule has 4 nitrogen and oxygen atoms in total. The highest BCUT2D eigenvalue weighted by Gasteiger charge is 2.33. The molecular weight excluding hydrogens is 259 g/mol. The summed E-state index contributed by atoms with van der Waals surface area (Å²) in [6.45, 7) is 0.324. The normalized spacial score (nSPS) is 17.1. The number of aromatic nitrogens is 1. The molecule has 1 atom stereocenters. The number of carbonyl (C=O) groups is 1. The van der Waals surface area contributed by atoms with Crippen molar-refractivity contribution in [3.05, 3.63) is 29.6 Å². The average Bonchev–Trinajstić information content (AvgIpc) is 3.19. The van der Waals surface area contributed by atoms with Crippen LogP contribution in [0.2, 0.25) is 0 Å². The molecule has 7 heteroatoms. The van der Waals surface area contributed by atoms with Gasteiger partial charge in [0.15, 0.2) is 0 Å². The van der Waals surface area contributed by atoms with E-state index in [-0.39, 0.29) is 11.6 Å². The lowest BCUT2D eigenvalue weighted by Gasteiger charge is -2.16. The second-order valence-electron chi connectivity index (χ2n) is 4.58. The van der Waals surface area contributed by atoms with Gasteiger partial charge < -0.3 is 11.1 Å². The molecule has 1 amide bonds. The van der Waals surface area contributed by atoms with E-state index in [2.05, 4.69) is 10.3 Å². The molecule has 0 saturated heterocycles. The predicted octanol–water partition coefficient (Wildman–Crippen LogP) is 1.57. The lowest BCUT2D eigenvalue weighted by Crippen LogP contribution is -2.41. The van der Waals surface area contributed by atoms with Gasteiger partial charge in [-0.25, -0.2) is 0 Å². The van der Waals surface area contributed by atoms with E-state index in [1.165, 1.54) is 0 Å². The third kappa shape index (κ3) is 3.44. The van der Waals surface area contributed by atoms with E-state index in [4.69, 9.17) is 5.73 Å². The maximum atomic E-state index is 12.3. The van der Waals surface area contributed by atoms with Crippen molar-refractivity contribution in [3.8, 4) is 0 Å². The summed E-state index contributed by atoms with van der Waals surface area (Å²) in [6, 6.07) is 1.80. The van der Waals surface area contributed by atoms with E-state index >= 15 is 0 Å². The van der Waals surface area contributed by atoms with Gasteiger partial charge in [-0.15, -0.1) is 0 Å². The van der Waals surface area contributed by atoms with Crippen molar-refractivity contribution in [1.29, 1.82) is 0 Å². The van der Waals surface area contributed by atoms with Crippen LogP contribution in [-0.2, 0) is 6.18 Å². The van der Waals surface area contributed by atoms with Gasteiger partial charge in [0.2, 0.25) is 0 Å². The summed E-state index contributed by atoms with van der Waals surface area (Å²) in [5, 5.41) is 2.72. The number of nitrogens with zero attached hydrogens (tertiary/aromatic N) is 1. The molecular formula is C12H14F3N3O. The van der Waals surface area contributed by atoms with Crippen LogP contribution in [0.25, 0.3) is 0 Å². The van der Waals surface area contributed by atoms with E-state index in [1.807, 2.05) is 0 Å². The monoisotopic (exact) mass is 273 g/mol. The van der Waals surface area contributed by atoms with Gasteiger partial charge >= 0.3 is 6.18 Å². The fourth-order valence-electron chi connectivity index (χ4n) is 1.82. The van der Waals surface area contributed by atoms with Crippen LogP contribution in [0.1, 0.15) is 28.9 Å². The molecule has 0 bridgehead atoms. The minimum absolute atomic E-state index is 0.104. The van der Waals surface area contributed by atoms with Crippen LogP contribution < -0.4 is 11.1 Å². The van der Waals surface area contributed by atoms with Crippen molar-refractivity contribution in [2.24, 2.45) is 11.7 Å². The van der Waals surface area contributed by atoms with Crippen molar-refractivity contribution in [1.82, 2.24) is 10.3 Å². The van der Waals surface area contributed by atoms with Crippen LogP contribution >= 0.6 is 0 Å². The van der Waals surface area contributed by atoms with Crippen LogP contribution in [0.3, 0.4) is 0 Å². The standard InChI is InChI=1S/C12H14F3N3O/c13-12(14,15)10-4-3-8(6-17-10)11(19)18-9(5-16)7-1-2-7/h3-4,6-7,9H,1-2,5,16H2,(H,18,19). The van der Waals surface area contributed by atoms with E-state index < -0.39 is 17.8 Å². The lowest BCUT2D eigenvalue weighted by atomic mass is 10.1. The van der Waals surface area contributed by atoms with Gasteiger partial charge in [0.25, 0.3) is 5.91 Å². The number of hydrogen-bond acceptors (Lipinski definition) is 3. The Morgan fingerprint density at radius 1 is 1.47 bits per heavy atom. The van der Waals surface area contributed by atoms with Crippen molar-refractivity contribution >= 4 is 5.91 Å². The van der Waals surface area contributed by atoms with E-state index in [1.54, 1.807) is 0 Å². The van der Waals surface area contributed by atoms with Crippen LogP contribution in [0.4, 0.5) is 13.2 Å². The summed E-state index contributed by atoms with van der Waals surface area (Å²) in [7, 11) is 0. The lowest BCUT2D eigenvalue weighted by molar-refractivity contribution is -0.141. The minimum atomic E-state index is -4.50. The number of nitrogens with one attached hydrogen (secondary N) is 1. The van der Waals surface area contributed by atoms with Crippen LogP contribution in [0, 0.1) is 5.92 Å². The van der Waals surface area contributed by atoms with Gasteiger partial charge in [0, 0.05) is 18.8 Å². The van der Waals surface area contributed by atoms with Gasteiger partial charge in [0.1, 0.15) is 5.69 Å². The Balaban J connectivity index is 2.03. The topological polar surface area (TPSA) is 68.0 Å². The van der Waals surface area contributed by atoms with E-state index in [9.17, 15) is 18.0 Å². The number of alkyl halides is 3. The molecule has 1 unspecified atom stereocenters. The molecule has 3 N–H and O–H groups in total. The molecule has 0 aliphatic heterocycles. The van der Waals surface area contributed by atoms with Gasteiger partial charge in [-0.1, -0.05) is 0 Å². The van der Waals surface area contributed by atoms with Gasteiger partial charge in [-0.3, -0.25) is 9.78 Å². The molecule has 1 aromatic rings. The molecule has 19 heavy (non-hydrogen) atoms. The molecule has 0 radical (unpaired) electrons. The van der Waals surface area contributed by atoms with Crippen LogP contribution in [0.15, 0.2) is 18.3 Å². The van der Waals surface area contributed by atoms with Crippen LogP contribution in [-0.4, -0.2) is 23.5 Å². The van der Waals surface area contributed by atoms with Crippen LogP contribution in [0.5, 0.6) is 0 Å². The molecule has 2 rings (SSSR count). The Labute approximate surface area is 108 Å². The quantitative estimate of drug-likeness (QED) is 0.875. The molecule has 1 aromatic heterocycles. The van der Waals surface area contributed by atoms with Crippen molar-refractivity contribution in [2.45, 2.75) is 25.1 Å². The minimum Gasteiger partial charge on any atom is -0.348 e. The number of amides is 1. The second-order valence-corrected chi connectivity index (χ2v) is 4.58. The molecule has 104 valence electrons. The number of halogens is 3. The smallest absolute Gasteiger partial charge is 0.348 e. The highest BCUT2D eigenvalue weighted by molar-refractivity contribution is 5.94. The second kappa shape index (κ2) is 5.16. The molecule has 1 aliphatic carbocycles. The SMILES string of the molecule is NCC(NC(=O)c1ccc(C(F)(F)F)nc1)C1CC1. The highest BCUT2D eigenvalue weighted by atomic mass is 19.4. The fourth-order valence-corrected chi connectivity index (χ4v) is 1.82. The zero-order valence-corrected chi connectivity index (χ0v) is 10.1. The summed E-state index contributed by atoms with van der Waals surface area (Å²) in [6.07, 6.45) is -1.53. The van der Waals surface area contributed by atoms with Crippen molar-refractivity contribution in [2.75, 3.05) is 6.54 Å². The number of hydrogen-bond donors (Lipinski definition) is 2. The number of carbonyl (C=O) groups excluding carboxylic acids is 1. The Bertz CT molecular complexity index is 454. The maximum absolute atomic E-state index is 12.3. The third-order valence-corrected chi connectivity index (χ3v) is 3.08. The largest absolute Gasteiger partial charge is 0.433 e. The Morgan fingerprint density at radius 2 is 2.16 bits per heavy atom. The molecule has 0 spiro atoms. The molecule has 1 fully saturated rings. The number of rotatable bonds is 4.